The maximum atomic E-state index is 12.5. The van der Waals surface area contributed by atoms with Crippen LogP contribution in [0, 0.1) is 0 Å². The van der Waals surface area contributed by atoms with Crippen LogP contribution in [0.15, 0.2) is 42.5 Å². The van der Waals surface area contributed by atoms with E-state index >= 15 is 0 Å². The van der Waals surface area contributed by atoms with Gasteiger partial charge < -0.3 is 15.5 Å². The molecule has 1 aromatic carbocycles. The predicted molar refractivity (Wildman–Crippen MR) is 109 cm³/mol. The summed E-state index contributed by atoms with van der Waals surface area (Å²) in [4.78, 5) is 31.2. The minimum absolute atomic E-state index is 0.198. The molecule has 0 unspecified atom stereocenters. The zero-order valence-electron chi connectivity index (χ0n) is 16.7. The van der Waals surface area contributed by atoms with Crippen LogP contribution in [-0.4, -0.2) is 35.4 Å². The highest BCUT2D eigenvalue weighted by atomic mass is 16.2. The predicted octanol–water partition coefficient (Wildman–Crippen LogP) is 3.71. The van der Waals surface area contributed by atoms with Gasteiger partial charge in [0.1, 0.15) is 11.4 Å². The van der Waals surface area contributed by atoms with E-state index in [1.165, 1.54) is 0 Å². The molecule has 0 aliphatic carbocycles. The van der Waals surface area contributed by atoms with E-state index < -0.39 is 0 Å². The van der Waals surface area contributed by atoms with Crippen molar-refractivity contribution in [1.82, 2.24) is 10.3 Å². The second kappa shape index (κ2) is 8.66. The van der Waals surface area contributed by atoms with Gasteiger partial charge >= 0.3 is 0 Å². The smallest absolute Gasteiger partial charge is 0.274 e. The normalized spacial score (nSPS) is 11.0. The summed E-state index contributed by atoms with van der Waals surface area (Å²) < 4.78 is 0. The quantitative estimate of drug-likeness (QED) is 0.815. The maximum absolute atomic E-state index is 12.5. The van der Waals surface area contributed by atoms with Crippen molar-refractivity contribution in [1.29, 1.82) is 0 Å². The number of pyridine rings is 1. The number of anilines is 2. The lowest BCUT2D eigenvalue weighted by molar-refractivity contribution is 0.0914. The van der Waals surface area contributed by atoms with Crippen molar-refractivity contribution in [2.45, 2.75) is 40.2 Å². The first-order chi connectivity index (χ1) is 12.7. The van der Waals surface area contributed by atoms with E-state index in [0.717, 1.165) is 18.8 Å². The van der Waals surface area contributed by atoms with Crippen molar-refractivity contribution in [3.63, 3.8) is 0 Å². The summed E-state index contributed by atoms with van der Waals surface area (Å²) in [7, 11) is 0. The monoisotopic (exact) mass is 368 g/mol. The fraction of sp³-hybridized carbons (Fsp3) is 0.381. The third-order valence-electron chi connectivity index (χ3n) is 3.96. The van der Waals surface area contributed by atoms with Gasteiger partial charge in [-0.1, -0.05) is 6.07 Å². The average molecular weight is 368 g/mol. The van der Waals surface area contributed by atoms with Gasteiger partial charge in [0.05, 0.1) is 0 Å². The van der Waals surface area contributed by atoms with Crippen LogP contribution in [0.1, 0.15) is 55.6 Å². The van der Waals surface area contributed by atoms with Gasteiger partial charge in [0, 0.05) is 30.0 Å². The van der Waals surface area contributed by atoms with Crippen molar-refractivity contribution in [2.24, 2.45) is 0 Å². The molecule has 1 heterocycles. The van der Waals surface area contributed by atoms with E-state index in [2.05, 4.69) is 34.4 Å². The standard InChI is InChI=1S/C21H28N4O2/c1-6-25(7-2)16-13-11-15(12-14-16)22-19(26)17-9-8-10-18(23-17)20(27)24-21(3,4)5/h8-14H,6-7H2,1-5H3,(H,22,26)(H,24,27). The summed E-state index contributed by atoms with van der Waals surface area (Å²) in [5.41, 5.74) is 1.84. The zero-order chi connectivity index (χ0) is 20.0. The van der Waals surface area contributed by atoms with Crippen LogP contribution in [0.2, 0.25) is 0 Å². The Hall–Kier alpha value is -2.89. The average Bonchev–Trinajstić information content (AvgIpc) is 2.63. The number of carbonyl (C=O) groups excluding carboxylic acids is 2. The molecular weight excluding hydrogens is 340 g/mol. The first kappa shape index (κ1) is 20.4. The van der Waals surface area contributed by atoms with Crippen molar-refractivity contribution in [2.75, 3.05) is 23.3 Å². The fourth-order valence-corrected chi connectivity index (χ4v) is 2.63. The summed E-state index contributed by atoms with van der Waals surface area (Å²) in [5, 5.41) is 5.66. The molecule has 2 rings (SSSR count). The number of hydrogen-bond acceptors (Lipinski definition) is 4. The Morgan fingerprint density at radius 3 is 2.00 bits per heavy atom. The van der Waals surface area contributed by atoms with Gasteiger partial charge in [-0.3, -0.25) is 9.59 Å². The SMILES string of the molecule is CCN(CC)c1ccc(NC(=O)c2cccc(C(=O)NC(C)(C)C)n2)cc1. The van der Waals surface area contributed by atoms with E-state index in [4.69, 9.17) is 0 Å². The Kier molecular flexibility index (Phi) is 6.55. The lowest BCUT2D eigenvalue weighted by atomic mass is 10.1. The number of benzene rings is 1. The van der Waals surface area contributed by atoms with Gasteiger partial charge in [0.2, 0.25) is 0 Å². The van der Waals surface area contributed by atoms with Gasteiger partial charge in [-0.15, -0.1) is 0 Å². The molecule has 0 atom stereocenters. The molecule has 0 saturated carbocycles. The molecule has 27 heavy (non-hydrogen) atoms. The lowest BCUT2D eigenvalue weighted by Gasteiger charge is -2.21. The number of rotatable bonds is 6. The molecule has 144 valence electrons. The third-order valence-corrected chi connectivity index (χ3v) is 3.96. The van der Waals surface area contributed by atoms with E-state index in [1.54, 1.807) is 18.2 Å². The van der Waals surface area contributed by atoms with Crippen molar-refractivity contribution in [3.8, 4) is 0 Å². The van der Waals surface area contributed by atoms with Crippen molar-refractivity contribution < 1.29 is 9.59 Å². The Balaban J connectivity index is 2.10. The maximum Gasteiger partial charge on any atom is 0.274 e. The Bertz CT molecular complexity index is 791. The summed E-state index contributed by atoms with van der Waals surface area (Å²) in [6.07, 6.45) is 0. The van der Waals surface area contributed by atoms with Crippen LogP contribution >= 0.6 is 0 Å². The second-order valence-electron chi connectivity index (χ2n) is 7.29. The van der Waals surface area contributed by atoms with Gasteiger partial charge in [-0.2, -0.15) is 0 Å². The number of nitrogens with one attached hydrogen (secondary N) is 2. The molecule has 0 aliphatic rings. The molecule has 0 radical (unpaired) electrons. The van der Waals surface area contributed by atoms with Gasteiger partial charge in [0.15, 0.2) is 0 Å². The molecular formula is C21H28N4O2. The number of nitrogens with zero attached hydrogens (tertiary/aromatic N) is 2. The first-order valence-electron chi connectivity index (χ1n) is 9.19. The second-order valence-corrected chi connectivity index (χ2v) is 7.29. The van der Waals surface area contributed by atoms with Gasteiger partial charge in [-0.05, 0) is 71.0 Å². The summed E-state index contributed by atoms with van der Waals surface area (Å²) in [6, 6.07) is 12.5. The number of carbonyl (C=O) groups is 2. The highest BCUT2D eigenvalue weighted by Crippen LogP contribution is 2.18. The van der Waals surface area contributed by atoms with Crippen LogP contribution in [0.3, 0.4) is 0 Å². The van der Waals surface area contributed by atoms with E-state index in [0.29, 0.717) is 5.69 Å². The zero-order valence-corrected chi connectivity index (χ0v) is 16.7. The molecule has 0 spiro atoms. The highest BCUT2D eigenvalue weighted by molar-refractivity contribution is 6.04. The Morgan fingerprint density at radius 2 is 1.48 bits per heavy atom. The molecule has 2 aromatic rings. The van der Waals surface area contributed by atoms with Gasteiger partial charge in [0.25, 0.3) is 11.8 Å². The minimum Gasteiger partial charge on any atom is -0.372 e. The van der Waals surface area contributed by atoms with Crippen LogP contribution in [0.5, 0.6) is 0 Å². The lowest BCUT2D eigenvalue weighted by Crippen LogP contribution is -2.41. The van der Waals surface area contributed by atoms with E-state index in [-0.39, 0.29) is 28.7 Å². The molecule has 1 aromatic heterocycles. The minimum atomic E-state index is -0.371. The Labute approximate surface area is 161 Å². The summed E-state index contributed by atoms with van der Waals surface area (Å²) >= 11 is 0. The third kappa shape index (κ3) is 5.81. The molecule has 6 heteroatoms. The molecule has 6 nitrogen and oxygen atoms in total. The fourth-order valence-electron chi connectivity index (χ4n) is 2.63. The molecule has 2 N–H and O–H groups in total. The molecule has 0 bridgehead atoms. The Morgan fingerprint density at radius 1 is 0.926 bits per heavy atom. The number of amides is 2. The molecule has 0 saturated heterocycles. The molecule has 2 amide bonds. The topological polar surface area (TPSA) is 74.3 Å². The van der Waals surface area contributed by atoms with Crippen molar-refractivity contribution >= 4 is 23.2 Å². The number of hydrogen-bond donors (Lipinski definition) is 2. The van der Waals surface area contributed by atoms with E-state index in [1.807, 2.05) is 45.0 Å². The van der Waals surface area contributed by atoms with E-state index in [9.17, 15) is 9.59 Å². The van der Waals surface area contributed by atoms with Crippen LogP contribution in [-0.2, 0) is 0 Å². The van der Waals surface area contributed by atoms with Gasteiger partial charge in [-0.25, -0.2) is 4.98 Å². The van der Waals surface area contributed by atoms with Crippen molar-refractivity contribution in [3.05, 3.63) is 53.9 Å². The first-order valence-corrected chi connectivity index (χ1v) is 9.19. The van der Waals surface area contributed by atoms with Crippen LogP contribution in [0.25, 0.3) is 0 Å². The highest BCUT2D eigenvalue weighted by Gasteiger charge is 2.18. The largest absolute Gasteiger partial charge is 0.372 e. The van der Waals surface area contributed by atoms with Crippen LogP contribution in [0.4, 0.5) is 11.4 Å². The number of aromatic nitrogens is 1. The summed E-state index contributed by atoms with van der Waals surface area (Å²) in [5.74, 6) is -0.656. The molecule has 0 fully saturated rings. The van der Waals surface area contributed by atoms with Crippen LogP contribution < -0.4 is 15.5 Å². The summed E-state index contributed by atoms with van der Waals surface area (Å²) in [6.45, 7) is 11.7. The molecule has 0 aliphatic heterocycles.